The highest BCUT2D eigenvalue weighted by Gasteiger charge is 2.25. The number of aliphatic hydroxyl groups is 2. The number of ether oxygens (including phenoxy) is 2. The zero-order chi connectivity index (χ0) is 30.8. The minimum absolute atomic E-state index is 0.316. The van der Waals surface area contributed by atoms with Crippen molar-refractivity contribution in [3.8, 4) is 45.4 Å². The number of nitrogens with zero attached hydrogens (tertiary/aromatic N) is 6. The van der Waals surface area contributed by atoms with Gasteiger partial charge in [0, 0.05) is 61.5 Å². The minimum Gasteiger partial charge on any atom is -0.480 e. The number of benzene rings is 2. The minimum atomic E-state index is -0.316. The third-order valence-corrected chi connectivity index (χ3v) is 8.91. The topological polar surface area (TPSA) is 117 Å². The quantitative estimate of drug-likeness (QED) is 0.267. The molecule has 2 fully saturated rings. The summed E-state index contributed by atoms with van der Waals surface area (Å²) in [7, 11) is 3.14. The van der Waals surface area contributed by atoms with Crippen molar-refractivity contribution in [2.24, 2.45) is 0 Å². The van der Waals surface area contributed by atoms with Gasteiger partial charge in [-0.05, 0) is 12.8 Å². The molecule has 0 saturated carbocycles. The molecule has 230 valence electrons. The van der Waals surface area contributed by atoms with Crippen molar-refractivity contribution in [3.63, 3.8) is 0 Å². The van der Waals surface area contributed by atoms with Gasteiger partial charge >= 0.3 is 0 Å². The van der Waals surface area contributed by atoms with E-state index in [1.165, 1.54) is 0 Å². The predicted octanol–water partition coefficient (Wildman–Crippen LogP) is 4.72. The average molecular weight is 638 g/mol. The van der Waals surface area contributed by atoms with E-state index in [1.54, 1.807) is 26.6 Å². The lowest BCUT2D eigenvalue weighted by atomic mass is 9.98. The number of aliphatic hydroxyl groups excluding tert-OH is 2. The molecule has 0 spiro atoms. The Morgan fingerprint density at radius 3 is 1.48 bits per heavy atom. The smallest absolute Gasteiger partial charge is 0.237 e. The maximum absolute atomic E-state index is 9.88. The number of rotatable bonds is 9. The van der Waals surface area contributed by atoms with Gasteiger partial charge in [-0.2, -0.15) is 0 Å². The lowest BCUT2D eigenvalue weighted by Gasteiger charge is -2.17. The van der Waals surface area contributed by atoms with E-state index in [0.29, 0.717) is 81.9 Å². The van der Waals surface area contributed by atoms with E-state index in [4.69, 9.17) is 42.6 Å². The molecular weight excluding hydrogens is 603 g/mol. The Morgan fingerprint density at radius 1 is 0.705 bits per heavy atom. The number of likely N-dealkylation sites (tertiary alicyclic amines) is 2. The summed E-state index contributed by atoms with van der Waals surface area (Å²) in [5.41, 5.74) is 5.40. The van der Waals surface area contributed by atoms with E-state index < -0.39 is 0 Å². The second-order valence-corrected chi connectivity index (χ2v) is 11.9. The normalized spacial score (nSPS) is 19.0. The molecule has 12 heteroatoms. The van der Waals surface area contributed by atoms with Gasteiger partial charge in [-0.25, -0.2) is 9.97 Å². The lowest BCUT2D eigenvalue weighted by molar-refractivity contribution is 0.173. The number of hydrogen-bond acceptors (Lipinski definition) is 10. The van der Waals surface area contributed by atoms with Crippen molar-refractivity contribution in [3.05, 3.63) is 70.2 Å². The van der Waals surface area contributed by atoms with E-state index in [9.17, 15) is 10.2 Å². The Bertz CT molecular complexity index is 1540. The first-order valence-corrected chi connectivity index (χ1v) is 15.3. The zero-order valence-electron chi connectivity index (χ0n) is 24.6. The van der Waals surface area contributed by atoms with Crippen molar-refractivity contribution in [2.75, 3.05) is 40.4 Å². The molecule has 4 heterocycles. The van der Waals surface area contributed by atoms with Crippen LogP contribution in [0, 0.1) is 0 Å². The van der Waals surface area contributed by atoms with E-state index in [1.807, 2.05) is 36.4 Å². The van der Waals surface area contributed by atoms with Gasteiger partial charge in [-0.1, -0.05) is 59.6 Å². The standard InChI is InChI=1S/C32H34Cl2N6O4/c1-43-31-27(17-39-11-9-19(41)15-39)35-13-25(37-31)23-7-3-5-21(29(23)33)22-6-4-8-24(30(22)34)26-14-36-28(32(38-26)44-2)18-40-12-10-20(42)16-40/h3-8,13-14,19-20,41-42H,9-12,15-18H2,1-2H3/t19-,20-/m0/s1. The van der Waals surface area contributed by atoms with Crippen molar-refractivity contribution in [1.29, 1.82) is 0 Å². The molecular formula is C32H34Cl2N6O4. The monoisotopic (exact) mass is 636 g/mol. The summed E-state index contributed by atoms with van der Waals surface area (Å²) in [5.74, 6) is 0.838. The maximum Gasteiger partial charge on any atom is 0.237 e. The highest BCUT2D eigenvalue weighted by atomic mass is 35.5. The van der Waals surface area contributed by atoms with E-state index in [0.717, 1.165) is 37.1 Å². The van der Waals surface area contributed by atoms with Crippen LogP contribution in [0.3, 0.4) is 0 Å². The molecule has 44 heavy (non-hydrogen) atoms. The summed E-state index contributed by atoms with van der Waals surface area (Å²) in [4.78, 5) is 23.0. The van der Waals surface area contributed by atoms with Crippen LogP contribution in [0.1, 0.15) is 24.2 Å². The second kappa shape index (κ2) is 13.3. The number of β-amino-alcohol motifs (C(OH)–C–C–N with tert-alkyl or cyclic N) is 2. The molecule has 2 aliphatic rings. The fraction of sp³-hybridized carbons (Fsp3) is 0.375. The van der Waals surface area contributed by atoms with Crippen LogP contribution in [-0.4, -0.2) is 92.6 Å². The number of methoxy groups -OCH3 is 2. The first kappa shape index (κ1) is 30.6. The molecule has 0 radical (unpaired) electrons. The van der Waals surface area contributed by atoms with Crippen LogP contribution in [-0.2, 0) is 13.1 Å². The molecule has 0 amide bonds. The van der Waals surface area contributed by atoms with Crippen LogP contribution < -0.4 is 9.47 Å². The van der Waals surface area contributed by atoms with Crippen molar-refractivity contribution < 1.29 is 19.7 Å². The molecule has 2 aromatic carbocycles. The van der Waals surface area contributed by atoms with Gasteiger partial charge in [0.1, 0.15) is 11.4 Å². The Morgan fingerprint density at radius 2 is 1.11 bits per heavy atom. The summed E-state index contributed by atoms with van der Waals surface area (Å²) in [6, 6.07) is 11.4. The molecule has 2 aliphatic heterocycles. The van der Waals surface area contributed by atoms with Crippen LogP contribution in [0.25, 0.3) is 33.6 Å². The molecule has 2 atom stereocenters. The maximum atomic E-state index is 9.88. The van der Waals surface area contributed by atoms with Crippen LogP contribution >= 0.6 is 23.2 Å². The lowest BCUT2D eigenvalue weighted by Crippen LogP contribution is -2.22. The summed E-state index contributed by atoms with van der Waals surface area (Å²) >= 11 is 14.0. The fourth-order valence-electron chi connectivity index (χ4n) is 5.81. The molecule has 6 rings (SSSR count). The largest absolute Gasteiger partial charge is 0.480 e. The van der Waals surface area contributed by atoms with Gasteiger partial charge < -0.3 is 19.7 Å². The highest BCUT2D eigenvalue weighted by molar-refractivity contribution is 6.39. The first-order chi connectivity index (χ1) is 21.3. The molecule has 0 unspecified atom stereocenters. The van der Waals surface area contributed by atoms with Crippen molar-refractivity contribution in [2.45, 2.75) is 38.1 Å². The molecule has 4 aromatic rings. The third kappa shape index (κ3) is 6.37. The Kier molecular flexibility index (Phi) is 9.27. The van der Waals surface area contributed by atoms with Gasteiger partial charge in [0.25, 0.3) is 0 Å². The van der Waals surface area contributed by atoms with Crippen LogP contribution in [0.5, 0.6) is 11.8 Å². The van der Waals surface area contributed by atoms with Gasteiger partial charge in [0.05, 0.1) is 60.3 Å². The number of halogens is 2. The molecule has 2 saturated heterocycles. The van der Waals surface area contributed by atoms with Crippen molar-refractivity contribution in [1.82, 2.24) is 29.7 Å². The predicted molar refractivity (Wildman–Crippen MR) is 169 cm³/mol. The summed E-state index contributed by atoms with van der Waals surface area (Å²) in [6.45, 7) is 3.89. The van der Waals surface area contributed by atoms with Gasteiger partial charge in [0.15, 0.2) is 0 Å². The Balaban J connectivity index is 1.29. The summed E-state index contributed by atoms with van der Waals surface area (Å²) in [5, 5.41) is 20.7. The first-order valence-electron chi connectivity index (χ1n) is 14.5. The molecule has 10 nitrogen and oxygen atoms in total. The SMILES string of the molecule is COc1nc(-c2cccc(-c3cccc(-c4cnc(CN5CC[C@H](O)C5)c(OC)n4)c3Cl)c2Cl)cnc1CN1CC[C@H](O)C1. The van der Waals surface area contributed by atoms with Crippen LogP contribution in [0.4, 0.5) is 0 Å². The zero-order valence-corrected chi connectivity index (χ0v) is 26.1. The van der Waals surface area contributed by atoms with Gasteiger partial charge in [-0.3, -0.25) is 19.8 Å². The van der Waals surface area contributed by atoms with E-state index >= 15 is 0 Å². The van der Waals surface area contributed by atoms with Crippen LogP contribution in [0.2, 0.25) is 10.0 Å². The third-order valence-electron chi connectivity index (χ3n) is 8.09. The molecule has 2 aromatic heterocycles. The summed E-state index contributed by atoms with van der Waals surface area (Å²) in [6.07, 6.45) is 4.25. The summed E-state index contributed by atoms with van der Waals surface area (Å²) < 4.78 is 11.2. The van der Waals surface area contributed by atoms with E-state index in [-0.39, 0.29) is 12.2 Å². The average Bonchev–Trinajstić information content (AvgIpc) is 3.64. The molecule has 0 aliphatic carbocycles. The van der Waals surface area contributed by atoms with Gasteiger partial charge in [0.2, 0.25) is 11.8 Å². The van der Waals surface area contributed by atoms with E-state index in [2.05, 4.69) is 19.8 Å². The molecule has 0 bridgehead atoms. The molecule has 2 N–H and O–H groups in total. The van der Waals surface area contributed by atoms with Crippen LogP contribution in [0.15, 0.2) is 48.8 Å². The number of hydrogen-bond donors (Lipinski definition) is 2. The number of aromatic nitrogens is 4. The Hall–Kier alpha value is -3.38. The van der Waals surface area contributed by atoms with Gasteiger partial charge in [-0.15, -0.1) is 0 Å². The fourth-order valence-corrected chi connectivity index (χ4v) is 6.46. The highest BCUT2D eigenvalue weighted by Crippen LogP contribution is 2.42. The van der Waals surface area contributed by atoms with Crippen molar-refractivity contribution >= 4 is 23.2 Å². The Labute approximate surface area is 266 Å². The second-order valence-electron chi connectivity index (χ2n) is 11.1.